The smallest absolute Gasteiger partial charge is 0.307 e. The highest BCUT2D eigenvalue weighted by Gasteiger charge is 2.25. The van der Waals surface area contributed by atoms with Gasteiger partial charge in [-0.3, -0.25) is 28.8 Å². The predicted octanol–water partition coefficient (Wildman–Crippen LogP) is 5.54. The zero-order chi connectivity index (χ0) is 52.3. The lowest BCUT2D eigenvalue weighted by Crippen LogP contribution is -2.08. The van der Waals surface area contributed by atoms with E-state index in [4.69, 9.17) is 0 Å². The van der Waals surface area contributed by atoms with Gasteiger partial charge in [0, 0.05) is 38.5 Å². The molecule has 1 aliphatic carbocycles. The second kappa shape index (κ2) is 20.9. The Morgan fingerprint density at radius 2 is 0.333 bits per heavy atom. The number of carbonyl (C=O) groups is 6. The van der Waals surface area contributed by atoms with Crippen LogP contribution >= 0.6 is 0 Å². The van der Waals surface area contributed by atoms with Gasteiger partial charge in [-0.2, -0.15) is 0 Å². The number of carboxylic acid groups (broad SMARTS) is 6. The molecule has 0 fully saturated rings. The van der Waals surface area contributed by atoms with E-state index in [0.717, 1.165) is 0 Å². The molecule has 6 aromatic carbocycles. The van der Waals surface area contributed by atoms with Crippen LogP contribution in [0.25, 0.3) is 0 Å². The van der Waals surface area contributed by atoms with E-state index in [1.807, 2.05) is 0 Å². The molecule has 0 heterocycles. The zero-order valence-electron chi connectivity index (χ0n) is 38.2. The number of phenolic OH excluding ortho intramolecular Hbond substituents is 6. The number of aromatic hydroxyl groups is 6. The van der Waals surface area contributed by atoms with Crippen LogP contribution in [0.5, 0.6) is 34.5 Å². The van der Waals surface area contributed by atoms with Crippen LogP contribution in [0.1, 0.15) is 100 Å². The average molecular weight is 985 g/mol. The van der Waals surface area contributed by atoms with Crippen LogP contribution in [-0.2, 0) is 106 Å². The molecule has 1 aliphatic rings. The molecule has 18 nitrogen and oxygen atoms in total. The van der Waals surface area contributed by atoms with E-state index < -0.39 is 109 Å². The van der Waals surface area contributed by atoms with Crippen molar-refractivity contribution in [2.45, 2.75) is 77.0 Å². The summed E-state index contributed by atoms with van der Waals surface area (Å²) in [6, 6.07) is 16.5. The van der Waals surface area contributed by atoms with Crippen LogP contribution in [0.3, 0.4) is 0 Å². The molecule has 0 amide bonds. The summed E-state index contributed by atoms with van der Waals surface area (Å²) < 4.78 is 0. The number of aliphatic carboxylic acids is 6. The fraction of sp³-hybridized carbons (Fsp3) is 0.222. The summed E-state index contributed by atoms with van der Waals surface area (Å²) in [6.45, 7) is 0. The Hall–Kier alpha value is -9.06. The number of rotatable bonds is 12. The summed E-state index contributed by atoms with van der Waals surface area (Å²) in [4.78, 5) is 72.5. The first-order chi connectivity index (χ1) is 34.0. The van der Waals surface area contributed by atoms with Gasteiger partial charge in [-0.15, -0.1) is 0 Å². The Labute approximate surface area is 409 Å². The van der Waals surface area contributed by atoms with Gasteiger partial charge in [0.1, 0.15) is 34.5 Å². The van der Waals surface area contributed by atoms with E-state index in [2.05, 4.69) is 0 Å². The molecule has 7 rings (SSSR count). The van der Waals surface area contributed by atoms with Crippen molar-refractivity contribution in [1.82, 2.24) is 0 Å². The molecule has 18 heteroatoms. The molecule has 12 N–H and O–H groups in total. The van der Waals surface area contributed by atoms with Crippen molar-refractivity contribution < 1.29 is 90.0 Å². The third-order valence-corrected chi connectivity index (χ3v) is 12.4. The second-order valence-electron chi connectivity index (χ2n) is 18.1. The first-order valence-electron chi connectivity index (χ1n) is 22.3. The van der Waals surface area contributed by atoms with Crippen LogP contribution in [0.2, 0.25) is 0 Å². The summed E-state index contributed by atoms with van der Waals surface area (Å²) in [7, 11) is 0. The van der Waals surface area contributed by atoms with E-state index in [0.29, 0.717) is 0 Å². The van der Waals surface area contributed by atoms with Crippen molar-refractivity contribution in [1.29, 1.82) is 0 Å². The van der Waals surface area contributed by atoms with Crippen molar-refractivity contribution in [2.24, 2.45) is 0 Å². The molecule has 0 unspecified atom stereocenters. The van der Waals surface area contributed by atoms with Gasteiger partial charge in [0.05, 0.1) is 38.5 Å². The first kappa shape index (κ1) is 50.8. The minimum atomic E-state index is -1.25. The van der Waals surface area contributed by atoms with Crippen LogP contribution in [0.4, 0.5) is 0 Å². The Kier molecular flexibility index (Phi) is 14.7. The Morgan fingerprint density at radius 3 is 0.417 bits per heavy atom. The summed E-state index contributed by atoms with van der Waals surface area (Å²) in [5, 5.41) is 131. The maximum atomic E-state index is 12.1. The molecule has 0 radical (unpaired) electrons. The molecule has 72 heavy (non-hydrogen) atoms. The van der Waals surface area contributed by atoms with Crippen LogP contribution in [0, 0.1) is 0 Å². The number of hydrogen-bond donors (Lipinski definition) is 12. The summed E-state index contributed by atoms with van der Waals surface area (Å²) >= 11 is 0. The molecule has 0 atom stereocenters. The lowest BCUT2D eigenvalue weighted by atomic mass is 9.87. The van der Waals surface area contributed by atoms with Crippen molar-refractivity contribution in [3.63, 3.8) is 0 Å². The normalized spacial score (nSPS) is 12.3. The Morgan fingerprint density at radius 1 is 0.236 bits per heavy atom. The van der Waals surface area contributed by atoms with E-state index in [1.54, 1.807) is 0 Å². The van der Waals surface area contributed by atoms with Gasteiger partial charge in [-0.25, -0.2) is 0 Å². The molecule has 372 valence electrons. The van der Waals surface area contributed by atoms with Gasteiger partial charge >= 0.3 is 35.8 Å². The number of phenols is 6. The van der Waals surface area contributed by atoms with Crippen molar-refractivity contribution in [3.05, 3.63) is 173 Å². The van der Waals surface area contributed by atoms with Crippen LogP contribution in [-0.4, -0.2) is 97.1 Å². The molecule has 0 spiro atoms. The zero-order valence-corrected chi connectivity index (χ0v) is 38.2. The fourth-order valence-corrected chi connectivity index (χ4v) is 9.50. The van der Waals surface area contributed by atoms with Gasteiger partial charge in [-0.1, -0.05) is 72.8 Å². The maximum absolute atomic E-state index is 12.1. The molecular weight excluding hydrogens is 937 g/mol. The topological polar surface area (TPSA) is 345 Å². The van der Waals surface area contributed by atoms with E-state index in [1.165, 1.54) is 72.8 Å². The van der Waals surface area contributed by atoms with Gasteiger partial charge in [0.15, 0.2) is 0 Å². The van der Waals surface area contributed by atoms with Crippen molar-refractivity contribution >= 4 is 35.8 Å². The SMILES string of the molecule is O=C(O)Cc1cc2c(O)c(c1)Cc1cc(CC(=O)O)cc(c1O)Cc1cc(CC(=O)O)cc(c1O)Cc1cc(CC(=O)O)cc(c1O)Cc1cc(CC(=O)O)cc(c1O)Cc1cc(CC(=O)O)cc(c1O)C2. The van der Waals surface area contributed by atoms with Gasteiger partial charge in [0.2, 0.25) is 0 Å². The van der Waals surface area contributed by atoms with Gasteiger partial charge in [0.25, 0.3) is 0 Å². The molecule has 0 aliphatic heterocycles. The van der Waals surface area contributed by atoms with Crippen molar-refractivity contribution in [2.75, 3.05) is 0 Å². The summed E-state index contributed by atoms with van der Waals surface area (Å²) in [6.07, 6.45) is -5.38. The minimum absolute atomic E-state index is 0.0546. The monoisotopic (exact) mass is 984 g/mol. The summed E-state index contributed by atoms with van der Waals surface area (Å²) in [5.41, 5.74) is 1.66. The highest BCUT2D eigenvalue weighted by molar-refractivity contribution is 5.75. The largest absolute Gasteiger partial charge is 0.507 e. The fourth-order valence-electron chi connectivity index (χ4n) is 9.50. The molecule has 0 saturated heterocycles. The first-order valence-corrected chi connectivity index (χ1v) is 22.3. The average Bonchev–Trinajstić information content (AvgIpc) is 3.25. The number of fused-ring (bicyclic) bond motifs is 12. The minimum Gasteiger partial charge on any atom is -0.507 e. The molecule has 6 aromatic rings. The van der Waals surface area contributed by atoms with Gasteiger partial charge in [-0.05, 0) is 100 Å². The molecular formula is C54H48O18. The second-order valence-corrected chi connectivity index (χ2v) is 18.1. The molecule has 0 saturated carbocycles. The number of hydrogen-bond acceptors (Lipinski definition) is 12. The highest BCUT2D eigenvalue weighted by Crippen LogP contribution is 2.41. The lowest BCUT2D eigenvalue weighted by molar-refractivity contribution is -0.137. The summed E-state index contributed by atoms with van der Waals surface area (Å²) in [5.74, 6) is -10.0. The van der Waals surface area contributed by atoms with Crippen LogP contribution < -0.4 is 0 Å². The number of carboxylic acids is 6. The number of benzene rings is 6. The Balaban J connectivity index is 1.53. The quantitative estimate of drug-likeness (QED) is 0.0715. The third-order valence-electron chi connectivity index (χ3n) is 12.4. The predicted molar refractivity (Wildman–Crippen MR) is 254 cm³/mol. The van der Waals surface area contributed by atoms with E-state index >= 15 is 0 Å². The van der Waals surface area contributed by atoms with E-state index in [9.17, 15) is 90.0 Å². The molecule has 0 aromatic heterocycles. The van der Waals surface area contributed by atoms with Crippen LogP contribution in [0.15, 0.2) is 72.8 Å². The van der Waals surface area contributed by atoms with Crippen molar-refractivity contribution in [3.8, 4) is 34.5 Å². The maximum Gasteiger partial charge on any atom is 0.307 e. The lowest BCUT2D eigenvalue weighted by Gasteiger charge is -2.20. The standard InChI is InChI=1S/C54H48O18/c55-43(56)13-25-1-31-19-33-3-26(14-44(57)58)4-35(50(33)68)21-36-7-28(16-46(61)62)8-39(52(36)70)23-40-11-30(18-48(65)66)12-42(54(40)72)24-41-10-29(17-47(63)64)9-38(53(41)71)22-37-6-27(15-45(59)60)5-34(51(37)69)20-32(2-25)49(31)67/h1-12,67-72H,13-24H2,(H,55,56)(H,57,58)(H,59,60)(H,61,62)(H,63,64)(H,65,66). The van der Waals surface area contributed by atoms with Gasteiger partial charge < -0.3 is 61.3 Å². The highest BCUT2D eigenvalue weighted by atomic mass is 16.4. The van der Waals surface area contributed by atoms with E-state index in [-0.39, 0.29) is 139 Å². The third kappa shape index (κ3) is 12.0. The Bertz CT molecular complexity index is 2550. The molecule has 12 bridgehead atoms.